The van der Waals surface area contributed by atoms with Gasteiger partial charge in [0.05, 0.1) is 12.4 Å². The van der Waals surface area contributed by atoms with Crippen molar-refractivity contribution in [1.29, 1.82) is 0 Å². The van der Waals surface area contributed by atoms with Crippen molar-refractivity contribution in [3.05, 3.63) is 0 Å². The zero-order valence-corrected chi connectivity index (χ0v) is 9.46. The molecule has 5 heteroatoms. The number of hydrogen-bond acceptors (Lipinski definition) is 4. The van der Waals surface area contributed by atoms with E-state index in [0.717, 1.165) is 0 Å². The van der Waals surface area contributed by atoms with Gasteiger partial charge in [-0.1, -0.05) is 13.8 Å². The molecule has 0 rings (SSSR count). The summed E-state index contributed by atoms with van der Waals surface area (Å²) in [6.45, 7) is 6.05. The van der Waals surface area contributed by atoms with Crippen molar-refractivity contribution in [3.63, 3.8) is 0 Å². The van der Waals surface area contributed by atoms with Crippen LogP contribution in [-0.4, -0.2) is 23.8 Å². The fraction of sp³-hybridized carbons (Fsp3) is 1.00. The Morgan fingerprint density at radius 3 is 2.38 bits per heavy atom. The lowest BCUT2D eigenvalue weighted by atomic mass is 10.1. The van der Waals surface area contributed by atoms with E-state index in [1.807, 2.05) is 13.8 Å². The van der Waals surface area contributed by atoms with Crippen molar-refractivity contribution in [2.24, 2.45) is 11.7 Å². The van der Waals surface area contributed by atoms with Crippen LogP contribution >= 0.6 is 7.37 Å². The first kappa shape index (κ1) is 13.1. The lowest BCUT2D eigenvalue weighted by Crippen LogP contribution is -2.25. The Hall–Kier alpha value is 0.110. The molecule has 0 spiro atoms. The Kier molecular flexibility index (Phi) is 5.81. The van der Waals surface area contributed by atoms with Crippen LogP contribution in [-0.2, 0) is 9.09 Å². The fourth-order valence-electron chi connectivity index (χ4n) is 1.10. The van der Waals surface area contributed by atoms with E-state index < -0.39 is 19.5 Å². The van der Waals surface area contributed by atoms with Crippen molar-refractivity contribution in [1.82, 2.24) is 0 Å². The molecule has 2 atom stereocenters. The lowest BCUT2D eigenvalue weighted by Gasteiger charge is -2.23. The van der Waals surface area contributed by atoms with E-state index in [0.29, 0.717) is 18.9 Å². The molecule has 0 heterocycles. The van der Waals surface area contributed by atoms with E-state index in [1.165, 1.54) is 0 Å². The molecular weight excluding hydrogens is 189 g/mol. The van der Waals surface area contributed by atoms with Crippen LogP contribution in [0.5, 0.6) is 0 Å². The van der Waals surface area contributed by atoms with Gasteiger partial charge in [-0.05, 0) is 19.3 Å². The predicted octanol–water partition coefficient (Wildman–Crippen LogP) is 1.58. The summed E-state index contributed by atoms with van der Waals surface area (Å²) in [6, 6.07) is 0. The van der Waals surface area contributed by atoms with Crippen molar-refractivity contribution >= 4 is 7.37 Å². The van der Waals surface area contributed by atoms with E-state index in [4.69, 9.17) is 15.4 Å². The average molecular weight is 209 g/mol. The molecule has 0 aromatic carbocycles. The second-order valence-electron chi connectivity index (χ2n) is 3.48. The Balaban J connectivity index is 4.29. The molecule has 0 aromatic heterocycles. The zero-order valence-electron chi connectivity index (χ0n) is 8.56. The third-order valence-corrected chi connectivity index (χ3v) is 4.07. The van der Waals surface area contributed by atoms with Gasteiger partial charge in [-0.2, -0.15) is 0 Å². The van der Waals surface area contributed by atoms with Crippen molar-refractivity contribution in [2.75, 3.05) is 13.0 Å². The maximum Gasteiger partial charge on any atom is 0.243 e. The third-order valence-electron chi connectivity index (χ3n) is 1.76. The molecule has 0 fully saturated rings. The number of aliphatic hydroxyl groups is 1. The Labute approximate surface area is 79.9 Å². The first-order valence-corrected chi connectivity index (χ1v) is 6.44. The highest BCUT2D eigenvalue weighted by atomic mass is 31.2. The highest BCUT2D eigenvalue weighted by molar-refractivity contribution is 7.59. The van der Waals surface area contributed by atoms with Gasteiger partial charge in [0.1, 0.15) is 6.35 Å². The number of aliphatic hydroxyl groups excluding tert-OH is 1. The van der Waals surface area contributed by atoms with E-state index in [1.54, 1.807) is 6.92 Å². The lowest BCUT2D eigenvalue weighted by molar-refractivity contribution is 0.274. The molecule has 3 N–H and O–H groups in total. The molecule has 13 heavy (non-hydrogen) atoms. The van der Waals surface area contributed by atoms with Gasteiger partial charge in [0, 0.05) is 0 Å². The molecule has 2 unspecified atom stereocenters. The summed E-state index contributed by atoms with van der Waals surface area (Å²) in [7, 11) is -3.01. The van der Waals surface area contributed by atoms with Gasteiger partial charge in [0.15, 0.2) is 0 Å². The Morgan fingerprint density at radius 2 is 2.08 bits per heavy atom. The first-order valence-electron chi connectivity index (χ1n) is 4.56. The maximum absolute atomic E-state index is 11.8. The Morgan fingerprint density at radius 1 is 1.54 bits per heavy atom. The summed E-state index contributed by atoms with van der Waals surface area (Å²) in [6.07, 6.45) is 0.145. The second kappa shape index (κ2) is 5.76. The molecule has 0 radical (unpaired) electrons. The first-order chi connectivity index (χ1) is 5.96. The second-order valence-corrected chi connectivity index (χ2v) is 6.14. The summed E-state index contributed by atoms with van der Waals surface area (Å²) in [4.78, 5) is 0. The van der Waals surface area contributed by atoms with Gasteiger partial charge in [0.2, 0.25) is 7.37 Å². The number of hydrogen-bond donors (Lipinski definition) is 2. The molecule has 0 amide bonds. The topological polar surface area (TPSA) is 72.5 Å². The van der Waals surface area contributed by atoms with Gasteiger partial charge >= 0.3 is 0 Å². The molecular formula is C8H20NO3P. The molecule has 0 aromatic rings. The average Bonchev–Trinajstić information content (AvgIpc) is 2.03. The molecule has 0 saturated heterocycles. The standard InChI is InChI=1S/C8H20NO3P/c1-4-12-13(11,6-10)8(9)5-7(2)3/h7-8,10H,4-6,9H2,1-3H3. The normalized spacial score (nSPS) is 18.6. The zero-order chi connectivity index (χ0) is 10.5. The highest BCUT2D eigenvalue weighted by Crippen LogP contribution is 2.50. The number of nitrogens with two attached hydrogens (primary N) is 1. The van der Waals surface area contributed by atoms with Crippen LogP contribution in [0, 0.1) is 5.92 Å². The minimum Gasteiger partial charge on any atom is -0.386 e. The van der Waals surface area contributed by atoms with Gasteiger partial charge in [0.25, 0.3) is 0 Å². The maximum atomic E-state index is 11.8. The molecule has 0 aliphatic carbocycles. The SMILES string of the molecule is CCOP(=O)(CO)C(N)CC(C)C. The summed E-state index contributed by atoms with van der Waals surface area (Å²) < 4.78 is 16.8. The van der Waals surface area contributed by atoms with Gasteiger partial charge in [-0.25, -0.2) is 0 Å². The molecule has 0 saturated carbocycles. The van der Waals surface area contributed by atoms with Crippen LogP contribution in [0.1, 0.15) is 27.2 Å². The molecule has 0 aliphatic rings. The monoisotopic (exact) mass is 209 g/mol. The van der Waals surface area contributed by atoms with Crippen LogP contribution in [0.15, 0.2) is 0 Å². The third kappa shape index (κ3) is 4.23. The van der Waals surface area contributed by atoms with Gasteiger partial charge < -0.3 is 15.4 Å². The molecule has 0 bridgehead atoms. The molecule has 0 aliphatic heterocycles. The predicted molar refractivity (Wildman–Crippen MR) is 53.7 cm³/mol. The number of rotatable bonds is 6. The largest absolute Gasteiger partial charge is 0.386 e. The van der Waals surface area contributed by atoms with Crippen molar-refractivity contribution < 1.29 is 14.2 Å². The van der Waals surface area contributed by atoms with E-state index in [9.17, 15) is 4.57 Å². The van der Waals surface area contributed by atoms with Crippen molar-refractivity contribution in [2.45, 2.75) is 33.0 Å². The van der Waals surface area contributed by atoms with E-state index in [-0.39, 0.29) is 0 Å². The van der Waals surface area contributed by atoms with Gasteiger partial charge in [-0.15, -0.1) is 0 Å². The quantitative estimate of drug-likeness (QED) is 0.651. The van der Waals surface area contributed by atoms with Crippen LogP contribution in [0.3, 0.4) is 0 Å². The van der Waals surface area contributed by atoms with Crippen molar-refractivity contribution in [3.8, 4) is 0 Å². The summed E-state index contributed by atoms with van der Waals surface area (Å²) >= 11 is 0. The summed E-state index contributed by atoms with van der Waals surface area (Å²) in [5.74, 6) is -0.187. The van der Waals surface area contributed by atoms with E-state index >= 15 is 0 Å². The van der Waals surface area contributed by atoms with E-state index in [2.05, 4.69) is 0 Å². The smallest absolute Gasteiger partial charge is 0.243 e. The van der Waals surface area contributed by atoms with Crippen LogP contribution in [0.2, 0.25) is 0 Å². The van der Waals surface area contributed by atoms with Crippen LogP contribution in [0.4, 0.5) is 0 Å². The Bertz CT molecular complexity index is 184. The minimum absolute atomic E-state index is 0.323. The fourth-order valence-corrected chi connectivity index (χ4v) is 2.77. The minimum atomic E-state index is -3.01. The molecule has 4 nitrogen and oxygen atoms in total. The van der Waals surface area contributed by atoms with Gasteiger partial charge in [-0.3, -0.25) is 4.57 Å². The van der Waals surface area contributed by atoms with Crippen LogP contribution in [0.25, 0.3) is 0 Å². The molecule has 80 valence electrons. The summed E-state index contributed by atoms with van der Waals surface area (Å²) in [5, 5.41) is 8.93. The van der Waals surface area contributed by atoms with Crippen LogP contribution < -0.4 is 5.73 Å². The summed E-state index contributed by atoms with van der Waals surface area (Å²) in [5.41, 5.74) is 5.70. The highest BCUT2D eigenvalue weighted by Gasteiger charge is 2.30.